The van der Waals surface area contributed by atoms with E-state index in [2.05, 4.69) is 50.2 Å². The van der Waals surface area contributed by atoms with Crippen LogP contribution in [-0.2, 0) is 22.3 Å². The molecule has 1 aliphatic heterocycles. The van der Waals surface area contributed by atoms with Gasteiger partial charge in [-0.15, -0.1) is 0 Å². The number of carbonyl (C=O) groups is 1. The van der Waals surface area contributed by atoms with E-state index < -0.39 is 0 Å². The second-order valence-corrected chi connectivity index (χ2v) is 12.3. The van der Waals surface area contributed by atoms with Crippen LogP contribution in [0.1, 0.15) is 60.8 Å². The van der Waals surface area contributed by atoms with Crippen LogP contribution < -0.4 is 19.7 Å². The average Bonchev–Trinajstić information content (AvgIpc) is 3.50. The molecule has 8 nitrogen and oxygen atoms in total. The number of methoxy groups -OCH3 is 2. The largest absolute Gasteiger partial charge is 0.493 e. The van der Waals surface area contributed by atoms with Crippen molar-refractivity contribution in [2.75, 3.05) is 45.9 Å². The van der Waals surface area contributed by atoms with Crippen molar-refractivity contribution in [2.24, 2.45) is 0 Å². The van der Waals surface area contributed by atoms with Gasteiger partial charge in [-0.3, -0.25) is 4.79 Å². The molecule has 1 aliphatic rings. The normalized spacial score (nSPS) is 15.0. The van der Waals surface area contributed by atoms with Crippen molar-refractivity contribution in [2.45, 2.75) is 62.5 Å². The number of hydrogen-bond donors (Lipinski definition) is 1. The highest BCUT2D eigenvalue weighted by atomic mass is 32.2. The van der Waals surface area contributed by atoms with Crippen molar-refractivity contribution >= 4 is 23.5 Å². The Hall–Kier alpha value is -3.30. The summed E-state index contributed by atoms with van der Waals surface area (Å²) in [4.78, 5) is 24.7. The molecule has 1 fully saturated rings. The predicted molar refractivity (Wildman–Crippen MR) is 165 cm³/mol. The Bertz CT molecular complexity index is 1320. The van der Waals surface area contributed by atoms with Crippen molar-refractivity contribution in [3.63, 3.8) is 0 Å². The topological polar surface area (TPSA) is 85.8 Å². The van der Waals surface area contributed by atoms with E-state index in [-0.39, 0.29) is 17.4 Å². The minimum Gasteiger partial charge on any atom is -0.493 e. The summed E-state index contributed by atoms with van der Waals surface area (Å²) in [7, 11) is 5.35. The number of anilines is 1. The minimum atomic E-state index is -0.127. The van der Waals surface area contributed by atoms with Crippen molar-refractivity contribution in [3.05, 3.63) is 70.9 Å². The van der Waals surface area contributed by atoms with Crippen molar-refractivity contribution in [1.82, 2.24) is 15.3 Å². The zero-order valence-electron chi connectivity index (χ0n) is 25.0. The maximum absolute atomic E-state index is 12.7. The van der Waals surface area contributed by atoms with E-state index in [1.807, 2.05) is 36.4 Å². The maximum atomic E-state index is 12.7. The molecule has 220 valence electrons. The smallest absolute Gasteiger partial charge is 0.251 e. The first-order chi connectivity index (χ1) is 19.7. The van der Waals surface area contributed by atoms with Crippen LogP contribution in [0.4, 0.5) is 5.82 Å². The van der Waals surface area contributed by atoms with Crippen LogP contribution in [0, 0.1) is 0 Å². The summed E-state index contributed by atoms with van der Waals surface area (Å²) in [5.41, 5.74) is 3.73. The fraction of sp³-hybridized carbons (Fsp3) is 0.469. The SMILES string of the molecule is COc1ccc(CCN(C)c2cc(C(C)(C)C)nc(SCc3cccc(C(=O)NCC4CCCO4)c3)n2)cc1OC. The van der Waals surface area contributed by atoms with Crippen molar-refractivity contribution in [3.8, 4) is 11.5 Å². The van der Waals surface area contributed by atoms with E-state index in [9.17, 15) is 4.79 Å². The second kappa shape index (κ2) is 14.0. The molecular weight excluding hydrogens is 536 g/mol. The predicted octanol–water partition coefficient (Wildman–Crippen LogP) is 5.67. The van der Waals surface area contributed by atoms with Gasteiger partial charge in [-0.25, -0.2) is 9.97 Å². The Kier molecular flexibility index (Phi) is 10.5. The third kappa shape index (κ3) is 8.60. The lowest BCUT2D eigenvalue weighted by molar-refractivity contribution is 0.0857. The Labute approximate surface area is 248 Å². The Morgan fingerprint density at radius 1 is 1.07 bits per heavy atom. The van der Waals surface area contributed by atoms with E-state index in [1.54, 1.807) is 26.0 Å². The van der Waals surface area contributed by atoms with Gasteiger partial charge in [0.05, 0.1) is 26.0 Å². The highest BCUT2D eigenvalue weighted by Crippen LogP contribution is 2.30. The molecule has 0 saturated carbocycles. The van der Waals surface area contributed by atoms with E-state index in [4.69, 9.17) is 24.2 Å². The molecule has 3 aromatic rings. The van der Waals surface area contributed by atoms with E-state index in [0.717, 1.165) is 71.7 Å². The van der Waals surface area contributed by atoms with Gasteiger partial charge >= 0.3 is 0 Å². The van der Waals surface area contributed by atoms with Crippen LogP contribution in [0.15, 0.2) is 53.7 Å². The number of amides is 1. The number of rotatable bonds is 12. The number of thioether (sulfide) groups is 1. The molecule has 0 aliphatic carbocycles. The van der Waals surface area contributed by atoms with Gasteiger partial charge in [-0.05, 0) is 54.7 Å². The van der Waals surface area contributed by atoms with Crippen LogP contribution >= 0.6 is 11.8 Å². The van der Waals surface area contributed by atoms with Gasteiger partial charge in [0.2, 0.25) is 0 Å². The summed E-state index contributed by atoms with van der Waals surface area (Å²) in [6.07, 6.45) is 3.01. The van der Waals surface area contributed by atoms with Gasteiger partial charge in [0.1, 0.15) is 5.82 Å². The highest BCUT2D eigenvalue weighted by Gasteiger charge is 2.20. The van der Waals surface area contributed by atoms with Crippen molar-refractivity contribution in [1.29, 1.82) is 0 Å². The summed E-state index contributed by atoms with van der Waals surface area (Å²) >= 11 is 1.58. The first-order valence-electron chi connectivity index (χ1n) is 14.1. The van der Waals surface area contributed by atoms with Crippen LogP contribution in [0.25, 0.3) is 0 Å². The molecule has 41 heavy (non-hydrogen) atoms. The van der Waals surface area contributed by atoms with Crippen molar-refractivity contribution < 1.29 is 19.0 Å². The number of nitrogens with one attached hydrogen (secondary N) is 1. The first kappa shape index (κ1) is 30.7. The molecule has 1 saturated heterocycles. The molecule has 0 spiro atoms. The Balaban J connectivity index is 1.43. The Morgan fingerprint density at radius 2 is 1.88 bits per heavy atom. The average molecular weight is 579 g/mol. The number of likely N-dealkylation sites (N-methyl/N-ethyl adjacent to an activating group) is 1. The number of hydrogen-bond acceptors (Lipinski definition) is 8. The van der Waals surface area contributed by atoms with E-state index in [1.165, 1.54) is 0 Å². The lowest BCUT2D eigenvalue weighted by atomic mass is 9.92. The zero-order valence-corrected chi connectivity index (χ0v) is 25.8. The quantitative estimate of drug-likeness (QED) is 0.217. The van der Waals surface area contributed by atoms with Gasteiger partial charge in [-0.2, -0.15) is 0 Å². The molecule has 1 N–H and O–H groups in total. The molecule has 0 radical (unpaired) electrons. The van der Waals surface area contributed by atoms with E-state index in [0.29, 0.717) is 17.9 Å². The lowest BCUT2D eigenvalue weighted by Crippen LogP contribution is -2.31. The fourth-order valence-corrected chi connectivity index (χ4v) is 5.37. The number of carbonyl (C=O) groups excluding carboxylic acids is 1. The number of nitrogens with zero attached hydrogens (tertiary/aromatic N) is 3. The lowest BCUT2D eigenvalue weighted by Gasteiger charge is -2.23. The van der Waals surface area contributed by atoms with Crippen LogP contribution in [0.3, 0.4) is 0 Å². The van der Waals surface area contributed by atoms with Crippen LogP contribution in [0.2, 0.25) is 0 Å². The second-order valence-electron chi connectivity index (χ2n) is 11.3. The standard InChI is InChI=1S/C32H42N4O4S/c1-32(2,3)28-19-29(36(4)15-14-22-12-13-26(38-5)27(18-22)39-6)35-31(34-28)41-21-23-9-7-10-24(17-23)30(37)33-20-25-11-8-16-40-25/h7,9-10,12-13,17-19,25H,8,11,14-16,20-21H2,1-6H3,(H,33,37). The minimum absolute atomic E-state index is 0.0725. The molecule has 2 aromatic carbocycles. The molecule has 4 rings (SSSR count). The zero-order chi connectivity index (χ0) is 29.4. The van der Waals surface area contributed by atoms with Crippen LogP contribution in [-0.4, -0.2) is 62.9 Å². The maximum Gasteiger partial charge on any atom is 0.251 e. The molecular formula is C32H42N4O4S. The molecule has 1 aromatic heterocycles. The van der Waals surface area contributed by atoms with Gasteiger partial charge in [0, 0.05) is 49.5 Å². The molecule has 2 heterocycles. The molecule has 1 amide bonds. The summed E-state index contributed by atoms with van der Waals surface area (Å²) in [6, 6.07) is 15.9. The highest BCUT2D eigenvalue weighted by molar-refractivity contribution is 7.98. The number of ether oxygens (including phenoxy) is 3. The summed E-state index contributed by atoms with van der Waals surface area (Å²) in [5.74, 6) is 2.93. The van der Waals surface area contributed by atoms with Crippen LogP contribution in [0.5, 0.6) is 11.5 Å². The van der Waals surface area contributed by atoms with Gasteiger partial charge in [0.15, 0.2) is 16.7 Å². The number of aromatic nitrogens is 2. The van der Waals surface area contributed by atoms with Gasteiger partial charge < -0.3 is 24.4 Å². The first-order valence-corrected chi connectivity index (χ1v) is 15.1. The summed E-state index contributed by atoms with van der Waals surface area (Å²) in [6.45, 7) is 8.60. The van der Waals surface area contributed by atoms with Gasteiger partial charge in [0.25, 0.3) is 5.91 Å². The third-order valence-corrected chi connectivity index (χ3v) is 8.03. The summed E-state index contributed by atoms with van der Waals surface area (Å²) < 4.78 is 16.5. The number of benzene rings is 2. The molecule has 1 unspecified atom stereocenters. The molecule has 9 heteroatoms. The van der Waals surface area contributed by atoms with E-state index >= 15 is 0 Å². The molecule has 1 atom stereocenters. The third-order valence-electron chi connectivity index (χ3n) is 7.11. The summed E-state index contributed by atoms with van der Waals surface area (Å²) in [5, 5.41) is 3.73. The molecule has 0 bridgehead atoms. The van der Waals surface area contributed by atoms with Gasteiger partial charge in [-0.1, -0.05) is 50.7 Å². The monoisotopic (exact) mass is 578 g/mol. The Morgan fingerprint density at radius 3 is 2.59 bits per heavy atom. The fourth-order valence-electron chi connectivity index (χ4n) is 4.57.